The lowest BCUT2D eigenvalue weighted by molar-refractivity contribution is 0.0787. The molecular formula is C22H30N4O4S. The molecule has 1 aromatic carbocycles. The molecule has 3 heterocycles. The van der Waals surface area contributed by atoms with Crippen LogP contribution in [0.1, 0.15) is 47.8 Å². The van der Waals surface area contributed by atoms with E-state index < -0.39 is 10.0 Å². The van der Waals surface area contributed by atoms with Gasteiger partial charge in [0.1, 0.15) is 16.3 Å². The van der Waals surface area contributed by atoms with Crippen molar-refractivity contribution in [2.24, 2.45) is 0 Å². The summed E-state index contributed by atoms with van der Waals surface area (Å²) in [5.41, 5.74) is 1.33. The zero-order chi connectivity index (χ0) is 21.8. The number of aromatic nitrogens is 1. The third-order valence-corrected chi connectivity index (χ3v) is 7.52. The minimum absolute atomic E-state index is 0.0841. The molecule has 1 aromatic heterocycles. The molecule has 2 aromatic rings. The number of aromatic amines is 1. The minimum atomic E-state index is -3.75. The standard InChI is InChI=1S/C22H30N4O4S/c1-30-18-8-6-7-17(13-18)21(25-9-2-3-10-25)16-24-31(28,29)19-14-20(23-15-19)22(27)26-11-4-5-12-26/h6-8,13-15,21,23-24H,2-5,9-12,16H2,1H3. The van der Waals surface area contributed by atoms with Crippen LogP contribution < -0.4 is 9.46 Å². The molecule has 168 valence electrons. The van der Waals surface area contributed by atoms with Gasteiger partial charge >= 0.3 is 0 Å². The molecule has 2 saturated heterocycles. The molecule has 0 saturated carbocycles. The highest BCUT2D eigenvalue weighted by molar-refractivity contribution is 7.89. The number of ether oxygens (including phenoxy) is 1. The van der Waals surface area contributed by atoms with Gasteiger partial charge in [-0.05, 0) is 62.5 Å². The number of likely N-dealkylation sites (tertiary alicyclic amines) is 2. The van der Waals surface area contributed by atoms with Crippen molar-refractivity contribution < 1.29 is 17.9 Å². The van der Waals surface area contributed by atoms with Crippen molar-refractivity contribution in [2.45, 2.75) is 36.6 Å². The number of nitrogens with one attached hydrogen (secondary N) is 2. The quantitative estimate of drug-likeness (QED) is 0.649. The highest BCUT2D eigenvalue weighted by Gasteiger charge is 2.27. The molecule has 2 aliphatic heterocycles. The molecule has 8 nitrogen and oxygen atoms in total. The van der Waals surface area contributed by atoms with E-state index in [2.05, 4.69) is 14.6 Å². The first-order chi connectivity index (χ1) is 15.0. The van der Waals surface area contributed by atoms with Crippen molar-refractivity contribution in [3.8, 4) is 5.75 Å². The maximum Gasteiger partial charge on any atom is 0.270 e. The Balaban J connectivity index is 1.49. The van der Waals surface area contributed by atoms with E-state index in [1.54, 1.807) is 12.0 Å². The lowest BCUT2D eigenvalue weighted by Gasteiger charge is -2.28. The van der Waals surface area contributed by atoms with Crippen LogP contribution in [0.4, 0.5) is 0 Å². The molecule has 1 atom stereocenters. The summed E-state index contributed by atoms with van der Waals surface area (Å²) in [6.45, 7) is 3.55. The SMILES string of the molecule is COc1cccc(C(CNS(=O)(=O)c2c[nH]c(C(=O)N3CCCC3)c2)N2CCCC2)c1. The zero-order valence-electron chi connectivity index (χ0n) is 17.8. The van der Waals surface area contributed by atoms with Crippen LogP contribution >= 0.6 is 0 Å². The van der Waals surface area contributed by atoms with E-state index >= 15 is 0 Å². The van der Waals surface area contributed by atoms with Crippen LogP contribution in [0, 0.1) is 0 Å². The van der Waals surface area contributed by atoms with Gasteiger partial charge in [0.2, 0.25) is 10.0 Å². The molecule has 0 aliphatic carbocycles. The Hall–Kier alpha value is -2.36. The summed E-state index contributed by atoms with van der Waals surface area (Å²) in [4.78, 5) is 19.5. The third kappa shape index (κ3) is 4.94. The Kier molecular flexibility index (Phi) is 6.64. The lowest BCUT2D eigenvalue weighted by atomic mass is 10.1. The summed E-state index contributed by atoms with van der Waals surface area (Å²) in [6, 6.07) is 9.11. The molecule has 2 aliphatic rings. The van der Waals surface area contributed by atoms with Gasteiger partial charge in [-0.1, -0.05) is 12.1 Å². The van der Waals surface area contributed by atoms with Crippen LogP contribution in [0.2, 0.25) is 0 Å². The van der Waals surface area contributed by atoms with Gasteiger partial charge in [-0.15, -0.1) is 0 Å². The topological polar surface area (TPSA) is 94.7 Å². The van der Waals surface area contributed by atoms with Crippen molar-refractivity contribution >= 4 is 15.9 Å². The molecular weight excluding hydrogens is 416 g/mol. The Morgan fingerprint density at radius 2 is 1.84 bits per heavy atom. The predicted octanol–water partition coefficient (Wildman–Crippen LogP) is 2.37. The summed E-state index contributed by atoms with van der Waals surface area (Å²) >= 11 is 0. The Morgan fingerprint density at radius 1 is 1.13 bits per heavy atom. The Bertz CT molecular complexity index is 1010. The van der Waals surface area contributed by atoms with Crippen LogP contribution in [0.15, 0.2) is 41.4 Å². The summed E-state index contributed by atoms with van der Waals surface area (Å²) in [7, 11) is -2.13. The van der Waals surface area contributed by atoms with Gasteiger partial charge in [0.25, 0.3) is 5.91 Å². The molecule has 2 fully saturated rings. The molecule has 0 bridgehead atoms. The summed E-state index contributed by atoms with van der Waals surface area (Å²) in [6.07, 6.45) is 5.57. The molecule has 2 N–H and O–H groups in total. The molecule has 9 heteroatoms. The van der Waals surface area contributed by atoms with Gasteiger partial charge in [-0.2, -0.15) is 0 Å². The summed E-state index contributed by atoms with van der Waals surface area (Å²) in [5, 5.41) is 0. The molecule has 1 amide bonds. The highest BCUT2D eigenvalue weighted by Crippen LogP contribution is 2.27. The first-order valence-corrected chi connectivity index (χ1v) is 12.3. The van der Waals surface area contributed by atoms with Gasteiger partial charge in [-0.3, -0.25) is 9.69 Å². The normalized spacial score (nSPS) is 18.4. The maximum atomic E-state index is 13.0. The van der Waals surface area contributed by atoms with E-state index in [1.807, 2.05) is 24.3 Å². The average molecular weight is 447 g/mol. The number of hydrogen-bond donors (Lipinski definition) is 2. The molecule has 31 heavy (non-hydrogen) atoms. The number of sulfonamides is 1. The van der Waals surface area contributed by atoms with E-state index in [9.17, 15) is 13.2 Å². The third-order valence-electron chi connectivity index (χ3n) is 6.12. The minimum Gasteiger partial charge on any atom is -0.497 e. The maximum absolute atomic E-state index is 13.0. The smallest absolute Gasteiger partial charge is 0.270 e. The fourth-order valence-electron chi connectivity index (χ4n) is 4.38. The lowest BCUT2D eigenvalue weighted by Crippen LogP contribution is -2.36. The second-order valence-electron chi connectivity index (χ2n) is 8.14. The molecule has 0 radical (unpaired) electrons. The number of carbonyl (C=O) groups excluding carboxylic acids is 1. The Labute approximate surface area is 183 Å². The number of methoxy groups -OCH3 is 1. The van der Waals surface area contributed by atoms with Crippen molar-refractivity contribution in [2.75, 3.05) is 39.8 Å². The molecule has 1 unspecified atom stereocenters. The van der Waals surface area contributed by atoms with Gasteiger partial charge in [0.05, 0.1) is 7.11 Å². The summed E-state index contributed by atoms with van der Waals surface area (Å²) < 4.78 is 34.0. The number of carbonyl (C=O) groups is 1. The number of amides is 1. The van der Waals surface area contributed by atoms with E-state index in [4.69, 9.17) is 4.74 Å². The van der Waals surface area contributed by atoms with Crippen LogP contribution in [0.25, 0.3) is 0 Å². The van der Waals surface area contributed by atoms with Crippen LogP contribution in [0.3, 0.4) is 0 Å². The summed E-state index contributed by atoms with van der Waals surface area (Å²) in [5.74, 6) is 0.602. The van der Waals surface area contributed by atoms with Crippen molar-refractivity contribution in [1.29, 1.82) is 0 Å². The first kappa shape index (κ1) is 21.9. The first-order valence-electron chi connectivity index (χ1n) is 10.8. The number of benzene rings is 1. The van der Waals surface area contributed by atoms with E-state index in [1.165, 1.54) is 12.3 Å². The second-order valence-corrected chi connectivity index (χ2v) is 9.90. The number of rotatable bonds is 8. The number of nitrogens with zero attached hydrogens (tertiary/aromatic N) is 2. The fraction of sp³-hybridized carbons (Fsp3) is 0.500. The van der Waals surface area contributed by atoms with Gasteiger partial charge in [-0.25, -0.2) is 13.1 Å². The van der Waals surface area contributed by atoms with Crippen LogP contribution in [-0.2, 0) is 10.0 Å². The number of hydrogen-bond acceptors (Lipinski definition) is 5. The second kappa shape index (κ2) is 9.42. The van der Waals surface area contributed by atoms with Gasteiger partial charge < -0.3 is 14.6 Å². The van der Waals surface area contributed by atoms with E-state index in [0.717, 1.165) is 63.2 Å². The van der Waals surface area contributed by atoms with Crippen LogP contribution in [-0.4, -0.2) is 68.9 Å². The average Bonchev–Trinajstić information content (AvgIpc) is 3.56. The van der Waals surface area contributed by atoms with Gasteiger partial charge in [0, 0.05) is 31.9 Å². The fourth-order valence-corrected chi connectivity index (χ4v) is 5.41. The largest absolute Gasteiger partial charge is 0.497 e. The zero-order valence-corrected chi connectivity index (χ0v) is 18.7. The molecule has 0 spiro atoms. The van der Waals surface area contributed by atoms with E-state index in [0.29, 0.717) is 5.69 Å². The number of H-pyrrole nitrogens is 1. The van der Waals surface area contributed by atoms with Crippen LogP contribution in [0.5, 0.6) is 5.75 Å². The highest BCUT2D eigenvalue weighted by atomic mass is 32.2. The van der Waals surface area contributed by atoms with Crippen molar-refractivity contribution in [3.63, 3.8) is 0 Å². The van der Waals surface area contributed by atoms with Gasteiger partial charge in [0.15, 0.2) is 0 Å². The molecule has 4 rings (SSSR count). The van der Waals surface area contributed by atoms with Crippen molar-refractivity contribution in [3.05, 3.63) is 47.8 Å². The monoisotopic (exact) mass is 446 g/mol. The Morgan fingerprint density at radius 3 is 2.55 bits per heavy atom. The predicted molar refractivity (Wildman–Crippen MR) is 118 cm³/mol. The van der Waals surface area contributed by atoms with E-state index in [-0.39, 0.29) is 23.4 Å². The van der Waals surface area contributed by atoms with Crippen molar-refractivity contribution in [1.82, 2.24) is 19.5 Å².